The van der Waals surface area contributed by atoms with Crippen LogP contribution in [0.5, 0.6) is 0 Å². The van der Waals surface area contributed by atoms with Gasteiger partial charge >= 0.3 is 0 Å². The first-order valence-corrected chi connectivity index (χ1v) is 6.60. The Kier molecular flexibility index (Phi) is 5.41. The minimum atomic E-state index is 0.0740. The number of rotatable bonds is 6. The SMILES string of the molecule is CCOC(C(C)C)C(NN)c1csc(C)c1. The lowest BCUT2D eigenvalue weighted by Gasteiger charge is -2.29. The van der Waals surface area contributed by atoms with Crippen LogP contribution >= 0.6 is 11.3 Å². The Hall–Kier alpha value is -0.420. The Bertz CT molecular complexity index is 312. The van der Waals surface area contributed by atoms with E-state index < -0.39 is 0 Å². The first-order valence-electron chi connectivity index (χ1n) is 5.72. The summed E-state index contributed by atoms with van der Waals surface area (Å²) in [7, 11) is 0. The van der Waals surface area contributed by atoms with Gasteiger partial charge in [-0.3, -0.25) is 11.3 Å². The molecule has 0 saturated heterocycles. The lowest BCUT2D eigenvalue weighted by Crippen LogP contribution is -2.40. The zero-order valence-corrected chi connectivity index (χ0v) is 11.3. The van der Waals surface area contributed by atoms with Gasteiger partial charge in [0.15, 0.2) is 0 Å². The number of ether oxygens (including phenoxy) is 1. The Labute approximate surface area is 102 Å². The monoisotopic (exact) mass is 242 g/mol. The highest BCUT2D eigenvalue weighted by Gasteiger charge is 2.26. The molecule has 3 nitrogen and oxygen atoms in total. The molecule has 0 radical (unpaired) electrons. The van der Waals surface area contributed by atoms with Crippen molar-refractivity contribution in [1.29, 1.82) is 0 Å². The van der Waals surface area contributed by atoms with Gasteiger partial charge in [0, 0.05) is 11.5 Å². The van der Waals surface area contributed by atoms with Gasteiger partial charge in [-0.25, -0.2) is 0 Å². The standard InChI is InChI=1S/C12H22N2OS/c1-5-15-12(8(2)3)11(14-13)10-6-9(4)16-7-10/h6-8,11-12,14H,5,13H2,1-4H3. The normalized spacial score (nSPS) is 15.4. The van der Waals surface area contributed by atoms with Gasteiger partial charge in [-0.2, -0.15) is 0 Å². The molecule has 4 heteroatoms. The minimum absolute atomic E-state index is 0.0740. The number of hydrogen-bond acceptors (Lipinski definition) is 4. The van der Waals surface area contributed by atoms with Crippen molar-refractivity contribution in [2.45, 2.75) is 39.8 Å². The fourth-order valence-corrected chi connectivity index (χ4v) is 2.61. The first-order chi connectivity index (χ1) is 7.60. The maximum absolute atomic E-state index is 5.78. The molecule has 0 spiro atoms. The Balaban J connectivity index is 2.85. The molecule has 16 heavy (non-hydrogen) atoms. The molecule has 0 amide bonds. The first kappa shape index (κ1) is 13.6. The van der Waals surface area contributed by atoms with Crippen molar-refractivity contribution >= 4 is 11.3 Å². The van der Waals surface area contributed by atoms with Gasteiger partial charge in [0.1, 0.15) is 0 Å². The van der Waals surface area contributed by atoms with Gasteiger partial charge in [0.25, 0.3) is 0 Å². The highest BCUT2D eigenvalue weighted by Crippen LogP contribution is 2.27. The molecule has 0 aliphatic heterocycles. The maximum atomic E-state index is 5.78. The van der Waals surface area contributed by atoms with Crippen molar-refractivity contribution in [2.75, 3.05) is 6.61 Å². The quantitative estimate of drug-likeness (QED) is 0.595. The summed E-state index contributed by atoms with van der Waals surface area (Å²) in [6.45, 7) is 9.15. The molecule has 2 atom stereocenters. The van der Waals surface area contributed by atoms with Crippen LogP contribution in [0.1, 0.15) is 37.3 Å². The van der Waals surface area contributed by atoms with E-state index in [1.807, 2.05) is 6.92 Å². The molecule has 3 N–H and O–H groups in total. The summed E-state index contributed by atoms with van der Waals surface area (Å²) >= 11 is 1.74. The molecule has 1 rings (SSSR count). The van der Waals surface area contributed by atoms with Crippen molar-refractivity contribution in [2.24, 2.45) is 11.8 Å². The van der Waals surface area contributed by atoms with Crippen LogP contribution in [0.25, 0.3) is 0 Å². The third kappa shape index (κ3) is 3.28. The van der Waals surface area contributed by atoms with Crippen LogP contribution in [0.4, 0.5) is 0 Å². The molecule has 0 bridgehead atoms. The minimum Gasteiger partial charge on any atom is -0.376 e. The Morgan fingerprint density at radius 2 is 2.19 bits per heavy atom. The van der Waals surface area contributed by atoms with Crippen LogP contribution in [-0.4, -0.2) is 12.7 Å². The van der Waals surface area contributed by atoms with E-state index in [0.717, 1.165) is 0 Å². The van der Waals surface area contributed by atoms with E-state index in [-0.39, 0.29) is 12.1 Å². The fraction of sp³-hybridized carbons (Fsp3) is 0.667. The van der Waals surface area contributed by atoms with E-state index in [0.29, 0.717) is 12.5 Å². The second kappa shape index (κ2) is 6.35. The molecule has 0 saturated carbocycles. The van der Waals surface area contributed by atoms with Crippen LogP contribution in [0.2, 0.25) is 0 Å². The van der Waals surface area contributed by atoms with Gasteiger partial charge in [-0.15, -0.1) is 11.3 Å². The van der Waals surface area contributed by atoms with Crippen molar-refractivity contribution in [3.8, 4) is 0 Å². The van der Waals surface area contributed by atoms with Crippen LogP contribution in [0.15, 0.2) is 11.4 Å². The average molecular weight is 242 g/mol. The molecule has 92 valence electrons. The predicted octanol–water partition coefficient (Wildman–Crippen LogP) is 2.62. The van der Waals surface area contributed by atoms with E-state index in [1.54, 1.807) is 11.3 Å². The van der Waals surface area contributed by atoms with Gasteiger partial charge in [0.05, 0.1) is 12.1 Å². The van der Waals surface area contributed by atoms with Crippen LogP contribution < -0.4 is 11.3 Å². The highest BCUT2D eigenvalue weighted by molar-refractivity contribution is 7.10. The smallest absolute Gasteiger partial charge is 0.0805 e. The maximum Gasteiger partial charge on any atom is 0.0805 e. The van der Waals surface area contributed by atoms with Crippen LogP contribution in [-0.2, 0) is 4.74 Å². The Morgan fingerprint density at radius 1 is 1.50 bits per heavy atom. The molecule has 0 aliphatic carbocycles. The number of nitrogens with one attached hydrogen (secondary N) is 1. The van der Waals surface area contributed by atoms with Crippen molar-refractivity contribution < 1.29 is 4.74 Å². The summed E-state index contributed by atoms with van der Waals surface area (Å²) in [5.74, 6) is 6.09. The lowest BCUT2D eigenvalue weighted by molar-refractivity contribution is 0.00287. The van der Waals surface area contributed by atoms with Crippen LogP contribution in [0, 0.1) is 12.8 Å². The summed E-state index contributed by atoms with van der Waals surface area (Å²) in [6, 6.07) is 2.24. The van der Waals surface area contributed by atoms with E-state index >= 15 is 0 Å². The highest BCUT2D eigenvalue weighted by atomic mass is 32.1. The van der Waals surface area contributed by atoms with Gasteiger partial charge in [-0.05, 0) is 36.8 Å². The molecule has 2 unspecified atom stereocenters. The number of thiophene rings is 1. The summed E-state index contributed by atoms with van der Waals surface area (Å²) in [5.41, 5.74) is 4.10. The molecule has 1 aromatic rings. The molecule has 0 aromatic carbocycles. The summed E-state index contributed by atoms with van der Waals surface area (Å²) < 4.78 is 5.78. The van der Waals surface area contributed by atoms with E-state index in [4.69, 9.17) is 10.6 Å². The van der Waals surface area contributed by atoms with Gasteiger partial charge in [-0.1, -0.05) is 13.8 Å². The third-order valence-electron chi connectivity index (χ3n) is 2.63. The lowest BCUT2D eigenvalue weighted by atomic mass is 9.95. The van der Waals surface area contributed by atoms with Gasteiger partial charge < -0.3 is 4.74 Å². The topological polar surface area (TPSA) is 47.3 Å². The fourth-order valence-electron chi connectivity index (χ4n) is 1.87. The number of hydrazine groups is 1. The summed E-state index contributed by atoms with van der Waals surface area (Å²) in [6.07, 6.45) is 0.115. The Morgan fingerprint density at radius 3 is 2.56 bits per heavy atom. The zero-order valence-electron chi connectivity index (χ0n) is 10.5. The van der Waals surface area contributed by atoms with E-state index in [9.17, 15) is 0 Å². The molecule has 0 aliphatic rings. The second-order valence-corrected chi connectivity index (χ2v) is 5.41. The molecular formula is C12H22N2OS. The number of aryl methyl sites for hydroxylation is 1. The second-order valence-electron chi connectivity index (χ2n) is 4.30. The average Bonchev–Trinajstić information content (AvgIpc) is 2.64. The van der Waals surface area contributed by atoms with Gasteiger partial charge in [0.2, 0.25) is 0 Å². The molecule has 1 heterocycles. The molecular weight excluding hydrogens is 220 g/mol. The van der Waals surface area contributed by atoms with Crippen LogP contribution in [0.3, 0.4) is 0 Å². The molecule has 0 fully saturated rings. The van der Waals surface area contributed by atoms with E-state index in [1.165, 1.54) is 10.4 Å². The number of hydrogen-bond donors (Lipinski definition) is 2. The van der Waals surface area contributed by atoms with E-state index in [2.05, 4.69) is 37.6 Å². The largest absolute Gasteiger partial charge is 0.376 e. The zero-order chi connectivity index (χ0) is 12.1. The summed E-state index contributed by atoms with van der Waals surface area (Å²) in [4.78, 5) is 1.30. The number of nitrogens with two attached hydrogens (primary N) is 1. The molecule has 1 aromatic heterocycles. The van der Waals surface area contributed by atoms with Crippen molar-refractivity contribution in [3.63, 3.8) is 0 Å². The summed E-state index contributed by atoms with van der Waals surface area (Å²) in [5, 5.41) is 2.15. The predicted molar refractivity (Wildman–Crippen MR) is 69.4 cm³/mol. The van der Waals surface area contributed by atoms with Crippen molar-refractivity contribution in [1.82, 2.24) is 5.43 Å². The third-order valence-corrected chi connectivity index (χ3v) is 3.51. The van der Waals surface area contributed by atoms with Crippen molar-refractivity contribution in [3.05, 3.63) is 21.9 Å².